The van der Waals surface area contributed by atoms with Crippen LogP contribution in [0.5, 0.6) is 0 Å². The lowest BCUT2D eigenvalue weighted by Crippen LogP contribution is -2.32. The summed E-state index contributed by atoms with van der Waals surface area (Å²) in [7, 11) is 1.71. The van der Waals surface area contributed by atoms with Gasteiger partial charge in [0.15, 0.2) is 0 Å². The highest BCUT2D eigenvalue weighted by Crippen LogP contribution is 2.19. The third-order valence-electron chi connectivity index (χ3n) is 2.01. The minimum atomic E-state index is 0.0451. The van der Waals surface area contributed by atoms with Gasteiger partial charge >= 0.3 is 0 Å². The molecule has 2 nitrogen and oxygen atoms in total. The van der Waals surface area contributed by atoms with Gasteiger partial charge in [0.1, 0.15) is 0 Å². The summed E-state index contributed by atoms with van der Waals surface area (Å²) in [4.78, 5) is 0. The molecule has 1 aliphatic carbocycles. The van der Waals surface area contributed by atoms with Crippen molar-refractivity contribution in [3.63, 3.8) is 0 Å². The topological polar surface area (TPSA) is 33.0 Å². The molecule has 0 spiro atoms. The van der Waals surface area contributed by atoms with Crippen LogP contribution in [0.3, 0.4) is 0 Å². The Morgan fingerprint density at radius 3 is 2.44 bits per heavy atom. The Kier molecular flexibility index (Phi) is 2.49. The van der Waals surface area contributed by atoms with Gasteiger partial charge < -0.3 is 4.74 Å². The van der Waals surface area contributed by atoms with E-state index in [1.165, 1.54) is 12.8 Å². The van der Waals surface area contributed by atoms with Gasteiger partial charge in [-0.3, -0.25) is 5.73 Å². The number of rotatable bonds is 1. The second-order valence-corrected chi connectivity index (χ2v) is 2.67. The average molecular weight is 128 g/mol. The van der Waals surface area contributed by atoms with Gasteiger partial charge in [-0.05, 0) is 12.8 Å². The second kappa shape index (κ2) is 3.18. The van der Waals surface area contributed by atoms with Crippen molar-refractivity contribution in [3.05, 3.63) is 0 Å². The van der Waals surface area contributed by atoms with E-state index < -0.39 is 0 Å². The molecule has 2 atom stereocenters. The van der Waals surface area contributed by atoms with E-state index in [1.54, 1.807) is 7.11 Å². The van der Waals surface area contributed by atoms with Gasteiger partial charge in [0.2, 0.25) is 0 Å². The summed E-state index contributed by atoms with van der Waals surface area (Å²) in [5.74, 6) is 0. The number of hydrogen-bond acceptors (Lipinski definition) is 1. The fraction of sp³-hybridized carbons (Fsp3) is 1.00. The fourth-order valence-corrected chi connectivity index (χ4v) is 1.38. The average Bonchev–Trinajstić information content (AvgIpc) is 1.89. The summed E-state index contributed by atoms with van der Waals surface area (Å²) in [6.07, 6.45) is 4.80. The van der Waals surface area contributed by atoms with Crippen LogP contribution in [0.4, 0.5) is 0 Å². The van der Waals surface area contributed by atoms with Crippen LogP contribution >= 0.6 is 0 Å². The summed E-state index contributed by atoms with van der Waals surface area (Å²) in [6.45, 7) is 0. The van der Waals surface area contributed by atoms with Gasteiger partial charge in [-0.2, -0.15) is 0 Å². The van der Waals surface area contributed by atoms with E-state index in [4.69, 9.17) is 10.5 Å². The summed E-state index contributed by atoms with van der Waals surface area (Å²) in [6, 6.07) is 0.0451. The van der Waals surface area contributed by atoms with Gasteiger partial charge in [0, 0.05) is 13.2 Å². The number of nitrogens with one attached hydrogen (secondary N) is 1. The zero-order chi connectivity index (χ0) is 6.69. The molecular weight excluding hydrogens is 114 g/mol. The molecule has 1 radical (unpaired) electrons. The summed E-state index contributed by atoms with van der Waals surface area (Å²) in [5, 5.41) is 0. The molecule has 0 aromatic rings. The molecular formula is C7H14NO. The molecule has 0 aromatic heterocycles. The van der Waals surface area contributed by atoms with Crippen LogP contribution in [0.15, 0.2) is 0 Å². The maximum Gasteiger partial charge on any atom is 0.0737 e. The highest BCUT2D eigenvalue weighted by molar-refractivity contribution is 4.77. The van der Waals surface area contributed by atoms with Gasteiger partial charge in [-0.25, -0.2) is 0 Å². The highest BCUT2D eigenvalue weighted by atomic mass is 16.5. The molecule has 53 valence electrons. The normalized spacial score (nSPS) is 36.7. The predicted octanol–water partition coefficient (Wildman–Crippen LogP) is 1.23. The summed E-state index contributed by atoms with van der Waals surface area (Å²) in [5.41, 5.74) is 7.50. The van der Waals surface area contributed by atoms with Crippen LogP contribution in [-0.4, -0.2) is 19.3 Å². The first-order valence-corrected chi connectivity index (χ1v) is 3.58. The lowest BCUT2D eigenvalue weighted by Gasteiger charge is -2.25. The Hall–Kier alpha value is -0.0800. The summed E-state index contributed by atoms with van der Waals surface area (Å²) < 4.78 is 5.12. The van der Waals surface area contributed by atoms with Crippen molar-refractivity contribution in [3.8, 4) is 0 Å². The third kappa shape index (κ3) is 1.66. The first-order valence-electron chi connectivity index (χ1n) is 3.58. The molecule has 1 rings (SSSR count). The van der Waals surface area contributed by atoms with E-state index in [0.29, 0.717) is 0 Å². The Bertz CT molecular complexity index is 85.0. The summed E-state index contributed by atoms with van der Waals surface area (Å²) >= 11 is 0. The van der Waals surface area contributed by atoms with E-state index in [2.05, 4.69) is 0 Å². The van der Waals surface area contributed by atoms with Crippen molar-refractivity contribution < 1.29 is 4.74 Å². The molecule has 0 aromatic carbocycles. The van der Waals surface area contributed by atoms with E-state index >= 15 is 0 Å². The first kappa shape index (κ1) is 7.03. The Balaban J connectivity index is 2.30. The quantitative estimate of drug-likeness (QED) is 0.522. The van der Waals surface area contributed by atoms with Crippen molar-refractivity contribution in [1.29, 1.82) is 0 Å². The van der Waals surface area contributed by atoms with Crippen LogP contribution < -0.4 is 5.73 Å². The molecule has 1 saturated carbocycles. The molecule has 0 bridgehead atoms. The Morgan fingerprint density at radius 2 is 2.00 bits per heavy atom. The molecule has 1 aliphatic rings. The van der Waals surface area contributed by atoms with Gasteiger partial charge in [0.25, 0.3) is 0 Å². The molecule has 2 unspecified atom stereocenters. The molecule has 9 heavy (non-hydrogen) atoms. The molecule has 0 amide bonds. The lowest BCUT2D eigenvalue weighted by atomic mass is 9.93. The lowest BCUT2D eigenvalue weighted by molar-refractivity contribution is 0.0523. The van der Waals surface area contributed by atoms with Crippen LogP contribution in [0, 0.1) is 0 Å². The minimum Gasteiger partial charge on any atom is -0.380 e. The van der Waals surface area contributed by atoms with Crippen molar-refractivity contribution >= 4 is 0 Å². The van der Waals surface area contributed by atoms with Gasteiger partial charge in [-0.1, -0.05) is 12.8 Å². The first-order chi connectivity index (χ1) is 4.34. The molecule has 0 heterocycles. The number of methoxy groups -OCH3 is 1. The SMILES string of the molecule is COC1CCCCC1[NH]. The molecule has 0 aliphatic heterocycles. The highest BCUT2D eigenvalue weighted by Gasteiger charge is 2.21. The Labute approximate surface area is 56.4 Å². The molecule has 1 fully saturated rings. The van der Waals surface area contributed by atoms with Crippen molar-refractivity contribution in [2.45, 2.75) is 37.8 Å². The molecule has 2 heteroatoms. The van der Waals surface area contributed by atoms with Crippen LogP contribution in [0.1, 0.15) is 25.7 Å². The largest absolute Gasteiger partial charge is 0.380 e. The maximum atomic E-state index is 7.50. The smallest absolute Gasteiger partial charge is 0.0737 e. The van der Waals surface area contributed by atoms with Crippen molar-refractivity contribution in [2.75, 3.05) is 7.11 Å². The van der Waals surface area contributed by atoms with Gasteiger partial charge in [-0.15, -0.1) is 0 Å². The standard InChI is InChI=1S/C7H14NO/c1-9-7-5-3-2-4-6(7)8/h6-8H,2-5H2,1H3. The Morgan fingerprint density at radius 1 is 1.33 bits per heavy atom. The monoisotopic (exact) mass is 128 g/mol. The molecule has 1 N–H and O–H groups in total. The van der Waals surface area contributed by atoms with E-state index in [0.717, 1.165) is 12.8 Å². The zero-order valence-corrected chi connectivity index (χ0v) is 5.89. The van der Waals surface area contributed by atoms with Crippen molar-refractivity contribution in [2.24, 2.45) is 0 Å². The number of hydrogen-bond donors (Lipinski definition) is 0. The van der Waals surface area contributed by atoms with Gasteiger partial charge in [0.05, 0.1) is 6.10 Å². The van der Waals surface area contributed by atoms with E-state index in [1.807, 2.05) is 0 Å². The zero-order valence-electron chi connectivity index (χ0n) is 5.89. The van der Waals surface area contributed by atoms with Crippen LogP contribution in [0.25, 0.3) is 0 Å². The van der Waals surface area contributed by atoms with E-state index in [-0.39, 0.29) is 12.1 Å². The maximum absolute atomic E-state index is 7.50. The fourth-order valence-electron chi connectivity index (χ4n) is 1.38. The predicted molar refractivity (Wildman–Crippen MR) is 36.1 cm³/mol. The minimum absolute atomic E-state index is 0.0451. The van der Waals surface area contributed by atoms with Crippen LogP contribution in [-0.2, 0) is 4.74 Å². The van der Waals surface area contributed by atoms with Crippen molar-refractivity contribution in [1.82, 2.24) is 5.73 Å². The third-order valence-corrected chi connectivity index (χ3v) is 2.01. The molecule has 0 saturated heterocycles. The second-order valence-electron chi connectivity index (χ2n) is 2.67. The van der Waals surface area contributed by atoms with Crippen LogP contribution in [0.2, 0.25) is 0 Å². The number of ether oxygens (including phenoxy) is 1. The van der Waals surface area contributed by atoms with E-state index in [9.17, 15) is 0 Å².